The van der Waals surface area contributed by atoms with Gasteiger partial charge >= 0.3 is 0 Å². The highest BCUT2D eigenvalue weighted by Gasteiger charge is 2.36. The second-order valence-electron chi connectivity index (χ2n) is 11.4. The summed E-state index contributed by atoms with van der Waals surface area (Å²) in [5.74, 6) is 3.05. The number of nitrogens with one attached hydrogen (secondary N) is 1. The molecule has 1 atom stereocenters. The van der Waals surface area contributed by atoms with Gasteiger partial charge in [0.2, 0.25) is 5.91 Å². The Morgan fingerprint density at radius 2 is 1.96 bits per heavy atom. The molecule has 0 saturated carbocycles. The van der Waals surface area contributed by atoms with E-state index in [1.165, 1.54) is 12.5 Å². The first-order valence-corrected chi connectivity index (χ1v) is 16.2. The number of hydrogen-bond acceptors (Lipinski definition) is 7. The van der Waals surface area contributed by atoms with E-state index in [-0.39, 0.29) is 11.9 Å². The summed E-state index contributed by atoms with van der Waals surface area (Å²) in [6.45, 7) is 19.1. The SMILES string of the molecule is C=CC(=O)N1CCN2c3ccc(C)c(C(=N/C=C/CC)Nc4ccc(OC5=CCN(/N=C\C)C=C5)c(C)c4)c3OCC2C1.CCC. The van der Waals surface area contributed by atoms with E-state index in [2.05, 4.69) is 67.8 Å². The highest BCUT2D eigenvalue weighted by molar-refractivity contribution is 6.12. The van der Waals surface area contributed by atoms with E-state index < -0.39 is 0 Å². The van der Waals surface area contributed by atoms with Crippen molar-refractivity contribution < 1.29 is 14.3 Å². The third kappa shape index (κ3) is 8.27. The molecule has 3 aliphatic rings. The molecule has 5 rings (SSSR count). The number of aryl methyl sites for hydroxylation is 2. The van der Waals surface area contributed by atoms with Crippen molar-refractivity contribution in [3.05, 3.63) is 96.1 Å². The average molecular weight is 625 g/mol. The number of carbonyl (C=O) groups is 1. The molecule has 1 saturated heterocycles. The number of carbonyl (C=O) groups excluding carboxylic acids is 1. The Kier molecular flexibility index (Phi) is 12.2. The molecule has 2 aromatic carbocycles. The zero-order chi connectivity index (χ0) is 33.1. The minimum Gasteiger partial charge on any atom is -0.488 e. The first kappa shape index (κ1) is 34.1. The number of allylic oxidation sites excluding steroid dienone is 2. The Labute approximate surface area is 274 Å². The molecule has 9 nitrogen and oxygen atoms in total. The second kappa shape index (κ2) is 16.5. The number of anilines is 2. The Bertz CT molecular complexity index is 1540. The van der Waals surface area contributed by atoms with E-state index in [4.69, 9.17) is 14.5 Å². The van der Waals surface area contributed by atoms with Gasteiger partial charge in [-0.2, -0.15) is 5.10 Å². The first-order valence-electron chi connectivity index (χ1n) is 16.2. The van der Waals surface area contributed by atoms with Gasteiger partial charge in [-0.1, -0.05) is 45.9 Å². The lowest BCUT2D eigenvalue weighted by Crippen LogP contribution is -2.58. The molecule has 0 radical (unpaired) electrons. The summed E-state index contributed by atoms with van der Waals surface area (Å²) in [6.07, 6.45) is 15.0. The molecule has 0 aliphatic carbocycles. The quantitative estimate of drug-likeness (QED) is 0.190. The van der Waals surface area contributed by atoms with Crippen molar-refractivity contribution in [3.63, 3.8) is 0 Å². The number of aliphatic imine (C=N–C) groups is 1. The van der Waals surface area contributed by atoms with Crippen molar-refractivity contribution in [1.29, 1.82) is 0 Å². The number of fused-ring (bicyclic) bond motifs is 3. The van der Waals surface area contributed by atoms with Crippen LogP contribution in [0.1, 0.15) is 57.2 Å². The number of amidine groups is 1. The molecule has 9 heteroatoms. The molecule has 1 N–H and O–H groups in total. The fourth-order valence-electron chi connectivity index (χ4n) is 5.44. The summed E-state index contributed by atoms with van der Waals surface area (Å²) in [5, 5.41) is 9.68. The fraction of sp³-hybridized carbons (Fsp3) is 0.378. The maximum absolute atomic E-state index is 12.3. The first-order chi connectivity index (χ1) is 22.3. The monoisotopic (exact) mass is 624 g/mol. The Hall–Kier alpha value is -4.79. The van der Waals surface area contributed by atoms with E-state index in [1.807, 2.05) is 66.5 Å². The predicted molar refractivity (Wildman–Crippen MR) is 190 cm³/mol. The van der Waals surface area contributed by atoms with Gasteiger partial charge in [0, 0.05) is 43.9 Å². The van der Waals surface area contributed by atoms with Gasteiger partial charge in [-0.15, -0.1) is 0 Å². The Balaban J connectivity index is 0.00000154. The number of ether oxygens (including phenoxy) is 2. The number of hydrogen-bond donors (Lipinski definition) is 1. The molecule has 46 heavy (non-hydrogen) atoms. The molecular weight excluding hydrogens is 576 g/mol. The lowest BCUT2D eigenvalue weighted by atomic mass is 10.00. The van der Waals surface area contributed by atoms with Gasteiger partial charge in [-0.3, -0.25) is 9.80 Å². The van der Waals surface area contributed by atoms with Gasteiger partial charge in [-0.25, -0.2) is 4.99 Å². The van der Waals surface area contributed by atoms with Gasteiger partial charge in [0.1, 0.15) is 24.0 Å². The lowest BCUT2D eigenvalue weighted by molar-refractivity contribution is -0.127. The number of piperazine rings is 1. The summed E-state index contributed by atoms with van der Waals surface area (Å²) in [5.41, 5.74) is 4.90. The highest BCUT2D eigenvalue weighted by Crippen LogP contribution is 2.40. The molecule has 244 valence electrons. The van der Waals surface area contributed by atoms with Crippen molar-refractivity contribution in [1.82, 2.24) is 9.91 Å². The van der Waals surface area contributed by atoms with Gasteiger partial charge in [-0.05, 0) is 80.8 Å². The average Bonchev–Trinajstić information content (AvgIpc) is 3.06. The molecule has 1 amide bonds. The molecule has 3 heterocycles. The van der Waals surface area contributed by atoms with Crippen LogP contribution in [0, 0.1) is 13.8 Å². The molecule has 0 bridgehead atoms. The lowest BCUT2D eigenvalue weighted by Gasteiger charge is -2.45. The number of benzene rings is 2. The van der Waals surface area contributed by atoms with Gasteiger partial charge in [0.15, 0.2) is 5.75 Å². The summed E-state index contributed by atoms with van der Waals surface area (Å²) in [7, 11) is 0. The largest absolute Gasteiger partial charge is 0.488 e. The molecule has 2 aromatic rings. The standard InChI is InChI=1S/C34H40N6O3.C3H8/c1-6-9-16-35-34(37-26-11-13-30(25(5)21-26)43-28-14-17-39(18-15-28)36-8-3)32-24(4)10-12-29-33(32)42-23-27-22-38(31(41)7-2)19-20-40(27)29;1-3-2/h7-17,21,27H,2,6,18-20,22-23H2,1,3-5H3,(H,35,37);3H2,1-2H3/b16-9+,36-8-;. The van der Waals surface area contributed by atoms with Crippen molar-refractivity contribution in [2.45, 2.75) is 60.4 Å². The van der Waals surface area contributed by atoms with Crippen LogP contribution < -0.4 is 19.7 Å². The highest BCUT2D eigenvalue weighted by atomic mass is 16.5. The smallest absolute Gasteiger partial charge is 0.246 e. The van der Waals surface area contributed by atoms with Crippen LogP contribution >= 0.6 is 0 Å². The van der Waals surface area contributed by atoms with E-state index >= 15 is 0 Å². The summed E-state index contributed by atoms with van der Waals surface area (Å²) in [6, 6.07) is 10.3. The molecular formula is C37H48N6O3. The van der Waals surface area contributed by atoms with Crippen LogP contribution in [0.4, 0.5) is 11.4 Å². The van der Waals surface area contributed by atoms with Crippen molar-refractivity contribution in [2.24, 2.45) is 10.1 Å². The zero-order valence-corrected chi connectivity index (χ0v) is 28.1. The van der Waals surface area contributed by atoms with Crippen LogP contribution in [0.5, 0.6) is 11.5 Å². The van der Waals surface area contributed by atoms with E-state index in [9.17, 15) is 4.79 Å². The topological polar surface area (TPSA) is 82.0 Å². The Morgan fingerprint density at radius 3 is 2.63 bits per heavy atom. The maximum Gasteiger partial charge on any atom is 0.246 e. The fourth-order valence-corrected chi connectivity index (χ4v) is 5.44. The van der Waals surface area contributed by atoms with E-state index in [0.717, 1.165) is 58.3 Å². The van der Waals surface area contributed by atoms with E-state index in [0.29, 0.717) is 32.1 Å². The maximum atomic E-state index is 12.3. The van der Waals surface area contributed by atoms with Crippen molar-refractivity contribution in [2.75, 3.05) is 43.0 Å². The van der Waals surface area contributed by atoms with Gasteiger partial charge < -0.3 is 24.6 Å². The third-order valence-corrected chi connectivity index (χ3v) is 7.64. The minimum absolute atomic E-state index is 0.0386. The third-order valence-electron chi connectivity index (χ3n) is 7.64. The second-order valence-corrected chi connectivity index (χ2v) is 11.4. The molecule has 3 aliphatic heterocycles. The van der Waals surface area contributed by atoms with Gasteiger partial charge in [0.05, 0.1) is 23.8 Å². The van der Waals surface area contributed by atoms with Crippen LogP contribution in [0.15, 0.2) is 89.5 Å². The Morgan fingerprint density at radius 1 is 1.15 bits per heavy atom. The van der Waals surface area contributed by atoms with Crippen molar-refractivity contribution >= 4 is 29.3 Å². The molecule has 0 spiro atoms. The normalized spacial score (nSPS) is 17.5. The number of amides is 1. The summed E-state index contributed by atoms with van der Waals surface area (Å²) in [4.78, 5) is 21.3. The van der Waals surface area contributed by atoms with Crippen LogP contribution in [0.25, 0.3) is 0 Å². The van der Waals surface area contributed by atoms with Crippen LogP contribution in [-0.2, 0) is 4.79 Å². The van der Waals surface area contributed by atoms with Crippen LogP contribution in [-0.4, -0.2) is 66.7 Å². The van der Waals surface area contributed by atoms with Crippen LogP contribution in [0.2, 0.25) is 0 Å². The number of nitrogens with zero attached hydrogens (tertiary/aromatic N) is 5. The van der Waals surface area contributed by atoms with Crippen molar-refractivity contribution in [3.8, 4) is 11.5 Å². The molecule has 1 unspecified atom stereocenters. The summed E-state index contributed by atoms with van der Waals surface area (Å²) >= 11 is 0. The number of hydrazone groups is 1. The summed E-state index contributed by atoms with van der Waals surface area (Å²) < 4.78 is 12.6. The zero-order valence-electron chi connectivity index (χ0n) is 28.1. The predicted octanol–water partition coefficient (Wildman–Crippen LogP) is 7.20. The van der Waals surface area contributed by atoms with E-state index in [1.54, 1.807) is 6.21 Å². The minimum atomic E-state index is -0.0386. The van der Waals surface area contributed by atoms with Crippen LogP contribution in [0.3, 0.4) is 0 Å². The van der Waals surface area contributed by atoms with Gasteiger partial charge in [0.25, 0.3) is 0 Å². The molecule has 0 aromatic heterocycles. The molecule has 1 fully saturated rings. The number of rotatable bonds is 8.